The third-order valence-electron chi connectivity index (χ3n) is 3.74. The maximum Gasteiger partial charge on any atom is 0.257 e. The number of carbonyl (C=O) groups is 1. The van der Waals surface area contributed by atoms with E-state index in [9.17, 15) is 4.79 Å². The second kappa shape index (κ2) is 4.85. The molecule has 18 heavy (non-hydrogen) atoms. The van der Waals surface area contributed by atoms with E-state index < -0.39 is 0 Å². The lowest BCUT2D eigenvalue weighted by molar-refractivity contribution is 0.0705. The van der Waals surface area contributed by atoms with Gasteiger partial charge in [0.2, 0.25) is 0 Å². The number of piperidine rings is 1. The predicted molar refractivity (Wildman–Crippen MR) is 67.2 cm³/mol. The number of rotatable bonds is 1. The minimum Gasteiger partial charge on any atom is -0.466 e. The van der Waals surface area contributed by atoms with Crippen molar-refractivity contribution in [3.8, 4) is 6.07 Å². The molecule has 1 aliphatic rings. The number of nitrogens with zero attached hydrogens (tertiary/aromatic N) is 2. The summed E-state index contributed by atoms with van der Waals surface area (Å²) in [4.78, 5) is 14.3. The van der Waals surface area contributed by atoms with Crippen molar-refractivity contribution >= 4 is 5.91 Å². The first kappa shape index (κ1) is 12.7. The summed E-state index contributed by atoms with van der Waals surface area (Å²) in [5, 5.41) is 8.86. The zero-order valence-corrected chi connectivity index (χ0v) is 11.1. The van der Waals surface area contributed by atoms with Gasteiger partial charge in [-0.3, -0.25) is 4.79 Å². The number of carbonyl (C=O) groups excluding carboxylic acids is 1. The summed E-state index contributed by atoms with van der Waals surface area (Å²) in [6, 6.07) is 2.27. The van der Waals surface area contributed by atoms with Gasteiger partial charge in [0.15, 0.2) is 0 Å². The fourth-order valence-corrected chi connectivity index (χ4v) is 2.48. The van der Waals surface area contributed by atoms with Crippen LogP contribution in [0.5, 0.6) is 0 Å². The lowest BCUT2D eigenvalue weighted by Gasteiger charge is -2.29. The molecule has 1 amide bonds. The molecule has 1 fully saturated rings. The fourth-order valence-electron chi connectivity index (χ4n) is 2.48. The first-order valence-electron chi connectivity index (χ1n) is 6.30. The molecule has 0 unspecified atom stereocenters. The largest absolute Gasteiger partial charge is 0.466 e. The topological polar surface area (TPSA) is 57.2 Å². The van der Waals surface area contributed by atoms with Crippen molar-refractivity contribution in [3.63, 3.8) is 0 Å². The molecule has 2 rings (SSSR count). The van der Waals surface area contributed by atoms with Gasteiger partial charge in [-0.25, -0.2) is 0 Å². The molecule has 1 aromatic rings. The second-order valence-electron chi connectivity index (χ2n) is 4.91. The highest BCUT2D eigenvalue weighted by atomic mass is 16.3. The molecule has 0 N–H and O–H groups in total. The van der Waals surface area contributed by atoms with Crippen LogP contribution in [0.1, 0.15) is 40.3 Å². The van der Waals surface area contributed by atoms with Crippen LogP contribution in [0.2, 0.25) is 0 Å². The molecular formula is C14H18N2O2. The average Bonchev–Trinajstić information content (AvgIpc) is 2.63. The van der Waals surface area contributed by atoms with Crippen molar-refractivity contribution in [2.75, 3.05) is 13.1 Å². The lowest BCUT2D eigenvalue weighted by Crippen LogP contribution is -2.38. The standard InChI is InChI=1S/C14H18N2O2/c1-9-10(2)18-11(3)13(9)14(17)16-6-4-12(8-15)5-7-16/h12H,4-7H2,1-3H3. The predicted octanol–water partition coefficient (Wildman–Crippen LogP) is 2.58. The number of aryl methyl sites for hydroxylation is 2. The Bertz CT molecular complexity index is 503. The van der Waals surface area contributed by atoms with Crippen LogP contribution >= 0.6 is 0 Å². The molecule has 2 heterocycles. The van der Waals surface area contributed by atoms with Crippen molar-refractivity contribution in [1.29, 1.82) is 5.26 Å². The van der Waals surface area contributed by atoms with Crippen LogP contribution in [0.4, 0.5) is 0 Å². The quantitative estimate of drug-likeness (QED) is 0.765. The first-order valence-corrected chi connectivity index (χ1v) is 6.30. The van der Waals surface area contributed by atoms with Crippen LogP contribution in [-0.4, -0.2) is 23.9 Å². The molecule has 0 atom stereocenters. The van der Waals surface area contributed by atoms with Crippen LogP contribution in [0.3, 0.4) is 0 Å². The Morgan fingerprint density at radius 3 is 2.33 bits per heavy atom. The van der Waals surface area contributed by atoms with E-state index in [0.29, 0.717) is 24.4 Å². The maximum atomic E-state index is 12.4. The third kappa shape index (κ3) is 2.13. The maximum absolute atomic E-state index is 12.4. The Kier molecular flexibility index (Phi) is 3.42. The molecule has 4 nitrogen and oxygen atoms in total. The van der Waals surface area contributed by atoms with Crippen LogP contribution in [0.15, 0.2) is 4.42 Å². The smallest absolute Gasteiger partial charge is 0.257 e. The number of hydrogen-bond donors (Lipinski definition) is 0. The number of likely N-dealkylation sites (tertiary alicyclic amines) is 1. The molecule has 0 spiro atoms. The Morgan fingerprint density at radius 2 is 1.89 bits per heavy atom. The van der Waals surface area contributed by atoms with Crippen molar-refractivity contribution in [2.45, 2.75) is 33.6 Å². The monoisotopic (exact) mass is 246 g/mol. The minimum absolute atomic E-state index is 0.0400. The van der Waals surface area contributed by atoms with Gasteiger partial charge in [0.1, 0.15) is 11.5 Å². The van der Waals surface area contributed by atoms with E-state index in [2.05, 4.69) is 6.07 Å². The van der Waals surface area contributed by atoms with Gasteiger partial charge >= 0.3 is 0 Å². The normalized spacial score (nSPS) is 16.7. The highest BCUT2D eigenvalue weighted by Gasteiger charge is 2.27. The SMILES string of the molecule is Cc1oc(C)c(C(=O)N2CCC(C#N)CC2)c1C. The molecule has 96 valence electrons. The highest BCUT2D eigenvalue weighted by Crippen LogP contribution is 2.24. The molecule has 1 aliphatic heterocycles. The van der Waals surface area contributed by atoms with Crippen molar-refractivity contribution in [2.24, 2.45) is 5.92 Å². The molecule has 0 aromatic carbocycles. The average molecular weight is 246 g/mol. The summed E-state index contributed by atoms with van der Waals surface area (Å²) in [5.74, 6) is 1.64. The highest BCUT2D eigenvalue weighted by molar-refractivity contribution is 5.96. The van der Waals surface area contributed by atoms with Gasteiger partial charge in [0.05, 0.1) is 11.6 Å². The molecule has 1 aromatic heterocycles. The van der Waals surface area contributed by atoms with Crippen LogP contribution < -0.4 is 0 Å². The number of amides is 1. The lowest BCUT2D eigenvalue weighted by atomic mass is 9.97. The Morgan fingerprint density at radius 1 is 1.28 bits per heavy atom. The summed E-state index contributed by atoms with van der Waals surface area (Å²) in [7, 11) is 0. The van der Waals surface area contributed by atoms with Gasteiger partial charge in [-0.15, -0.1) is 0 Å². The van der Waals surface area contributed by atoms with Crippen molar-refractivity contribution in [1.82, 2.24) is 4.90 Å². The van der Waals surface area contributed by atoms with Gasteiger partial charge in [-0.2, -0.15) is 5.26 Å². The Balaban J connectivity index is 2.16. The number of hydrogen-bond acceptors (Lipinski definition) is 3. The van der Waals surface area contributed by atoms with Crippen LogP contribution in [-0.2, 0) is 0 Å². The van der Waals surface area contributed by atoms with E-state index in [4.69, 9.17) is 9.68 Å². The van der Waals surface area contributed by atoms with E-state index in [1.165, 1.54) is 0 Å². The van der Waals surface area contributed by atoms with Gasteiger partial charge in [0, 0.05) is 24.6 Å². The minimum atomic E-state index is 0.0400. The van der Waals surface area contributed by atoms with Crippen LogP contribution in [0.25, 0.3) is 0 Å². The molecule has 0 aliphatic carbocycles. The van der Waals surface area contributed by atoms with E-state index in [0.717, 1.165) is 24.2 Å². The summed E-state index contributed by atoms with van der Waals surface area (Å²) < 4.78 is 5.50. The summed E-state index contributed by atoms with van der Waals surface area (Å²) in [5.41, 5.74) is 1.63. The zero-order valence-electron chi connectivity index (χ0n) is 11.1. The van der Waals surface area contributed by atoms with Gasteiger partial charge in [0.25, 0.3) is 5.91 Å². The van der Waals surface area contributed by atoms with E-state index in [1.54, 1.807) is 0 Å². The van der Waals surface area contributed by atoms with Gasteiger partial charge < -0.3 is 9.32 Å². The summed E-state index contributed by atoms with van der Waals surface area (Å²) >= 11 is 0. The summed E-state index contributed by atoms with van der Waals surface area (Å²) in [6.45, 7) is 6.96. The third-order valence-corrected chi connectivity index (χ3v) is 3.74. The van der Waals surface area contributed by atoms with Crippen molar-refractivity contribution < 1.29 is 9.21 Å². The fraction of sp³-hybridized carbons (Fsp3) is 0.571. The Labute approximate surface area is 107 Å². The zero-order chi connectivity index (χ0) is 13.3. The van der Waals surface area contributed by atoms with E-state index >= 15 is 0 Å². The molecule has 4 heteroatoms. The van der Waals surface area contributed by atoms with E-state index in [-0.39, 0.29) is 11.8 Å². The van der Waals surface area contributed by atoms with Gasteiger partial charge in [-0.1, -0.05) is 0 Å². The molecule has 1 saturated heterocycles. The first-order chi connectivity index (χ1) is 8.54. The van der Waals surface area contributed by atoms with Crippen molar-refractivity contribution in [3.05, 3.63) is 22.6 Å². The molecule has 0 bridgehead atoms. The summed E-state index contributed by atoms with van der Waals surface area (Å²) in [6.07, 6.45) is 1.55. The second-order valence-corrected chi connectivity index (χ2v) is 4.91. The molecule has 0 radical (unpaired) electrons. The molecule has 0 saturated carbocycles. The Hall–Kier alpha value is -1.76. The number of nitriles is 1. The van der Waals surface area contributed by atoms with E-state index in [1.807, 2.05) is 25.7 Å². The number of furan rings is 1. The van der Waals surface area contributed by atoms with Crippen LogP contribution in [0, 0.1) is 38.0 Å². The molecular weight excluding hydrogens is 228 g/mol. The van der Waals surface area contributed by atoms with Gasteiger partial charge in [-0.05, 0) is 33.6 Å².